The number of halogens is 1. The Labute approximate surface area is 128 Å². The van der Waals surface area contributed by atoms with Gasteiger partial charge < -0.3 is 11.5 Å². The van der Waals surface area contributed by atoms with Gasteiger partial charge in [-0.25, -0.2) is 4.98 Å². The Bertz CT molecular complexity index is 900. The molecule has 0 unspecified atom stereocenters. The van der Waals surface area contributed by atoms with E-state index in [1.807, 2.05) is 30.3 Å². The molecule has 21 heavy (non-hydrogen) atoms. The number of anilines is 2. The van der Waals surface area contributed by atoms with E-state index >= 15 is 0 Å². The number of rotatable bonds is 1. The van der Waals surface area contributed by atoms with Crippen molar-refractivity contribution in [3.63, 3.8) is 0 Å². The highest BCUT2D eigenvalue weighted by Gasteiger charge is 2.16. The van der Waals surface area contributed by atoms with Crippen LogP contribution in [-0.2, 0) is 0 Å². The number of nitrogen functional groups attached to an aromatic ring is 2. The van der Waals surface area contributed by atoms with E-state index in [0.717, 1.165) is 15.4 Å². The lowest BCUT2D eigenvalue weighted by Gasteiger charge is -2.09. The zero-order chi connectivity index (χ0) is 15.0. The van der Waals surface area contributed by atoms with Gasteiger partial charge in [0.2, 0.25) is 5.95 Å². The predicted molar refractivity (Wildman–Crippen MR) is 84.0 cm³/mol. The number of para-hydroxylation sites is 1. The van der Waals surface area contributed by atoms with Crippen LogP contribution in [-0.4, -0.2) is 15.0 Å². The van der Waals surface area contributed by atoms with Crippen LogP contribution in [0, 0.1) is 11.3 Å². The number of aromatic nitrogens is 3. The van der Waals surface area contributed by atoms with E-state index in [9.17, 15) is 5.26 Å². The third-order valence-corrected chi connectivity index (χ3v) is 3.43. The van der Waals surface area contributed by atoms with Crippen LogP contribution in [0.5, 0.6) is 0 Å². The summed E-state index contributed by atoms with van der Waals surface area (Å²) in [6.45, 7) is 0. The number of nitrogens with two attached hydrogens (primary N) is 2. The second-order valence-electron chi connectivity index (χ2n) is 4.33. The molecule has 0 aliphatic heterocycles. The second-order valence-corrected chi connectivity index (χ2v) is 5.25. The van der Waals surface area contributed by atoms with Gasteiger partial charge in [-0.1, -0.05) is 18.2 Å². The van der Waals surface area contributed by atoms with Crippen molar-refractivity contribution in [1.29, 1.82) is 5.26 Å². The minimum atomic E-state index is 0.0237. The fraction of sp³-hybridized carbons (Fsp3) is 0. The van der Waals surface area contributed by atoms with E-state index in [2.05, 4.69) is 30.9 Å². The van der Waals surface area contributed by atoms with Crippen molar-refractivity contribution >= 4 is 38.6 Å². The van der Waals surface area contributed by atoms with Crippen LogP contribution in [0.2, 0.25) is 0 Å². The van der Waals surface area contributed by atoms with Gasteiger partial charge in [-0.3, -0.25) is 4.98 Å². The fourth-order valence-corrected chi connectivity index (χ4v) is 2.48. The molecule has 0 atom stereocenters. The molecular weight excluding hydrogens is 332 g/mol. The number of pyridine rings is 1. The second kappa shape index (κ2) is 5.00. The van der Waals surface area contributed by atoms with E-state index in [-0.39, 0.29) is 17.3 Å². The number of hydrogen-bond acceptors (Lipinski definition) is 6. The van der Waals surface area contributed by atoms with Gasteiger partial charge in [-0.05, 0) is 22.0 Å². The largest absolute Gasteiger partial charge is 0.382 e. The number of hydrogen-bond donors (Lipinski definition) is 2. The maximum Gasteiger partial charge on any atom is 0.222 e. The average molecular weight is 341 g/mol. The van der Waals surface area contributed by atoms with Gasteiger partial charge in [-0.2, -0.15) is 10.2 Å². The fourth-order valence-electron chi connectivity index (χ4n) is 2.13. The van der Waals surface area contributed by atoms with Crippen molar-refractivity contribution < 1.29 is 0 Å². The lowest BCUT2D eigenvalue weighted by Crippen LogP contribution is -2.05. The smallest absolute Gasteiger partial charge is 0.222 e. The van der Waals surface area contributed by atoms with Gasteiger partial charge in [0.1, 0.15) is 17.5 Å². The zero-order valence-corrected chi connectivity index (χ0v) is 12.3. The maximum absolute atomic E-state index is 9.29. The number of benzene rings is 1. The Morgan fingerprint density at radius 1 is 1.19 bits per heavy atom. The highest BCUT2D eigenvalue weighted by Crippen LogP contribution is 2.31. The maximum atomic E-state index is 9.29. The molecule has 2 aromatic heterocycles. The molecule has 0 radical (unpaired) electrons. The van der Waals surface area contributed by atoms with E-state index < -0.39 is 0 Å². The van der Waals surface area contributed by atoms with Crippen LogP contribution in [0.3, 0.4) is 0 Å². The third kappa shape index (κ3) is 2.26. The number of nitrogens with zero attached hydrogens (tertiary/aromatic N) is 4. The molecule has 3 aromatic rings. The van der Waals surface area contributed by atoms with Gasteiger partial charge in [0.25, 0.3) is 0 Å². The Morgan fingerprint density at radius 2 is 2.00 bits per heavy atom. The molecule has 1 aromatic carbocycles. The molecule has 2 heterocycles. The Kier molecular flexibility index (Phi) is 3.16. The molecular formula is C14H9BrN6. The summed E-state index contributed by atoms with van der Waals surface area (Å²) in [5.74, 6) is 0.0877. The van der Waals surface area contributed by atoms with E-state index in [1.54, 1.807) is 6.20 Å². The molecule has 0 amide bonds. The monoisotopic (exact) mass is 340 g/mol. The summed E-state index contributed by atoms with van der Waals surface area (Å²) in [5.41, 5.74) is 13.4. The molecule has 6 nitrogen and oxygen atoms in total. The summed E-state index contributed by atoms with van der Waals surface area (Å²) < 4.78 is 0.870. The van der Waals surface area contributed by atoms with Gasteiger partial charge >= 0.3 is 0 Å². The predicted octanol–water partition coefficient (Wildman–Crippen LogP) is 2.49. The summed E-state index contributed by atoms with van der Waals surface area (Å²) >= 11 is 3.38. The Hall–Kier alpha value is -2.72. The first-order valence-corrected chi connectivity index (χ1v) is 6.77. The SMILES string of the molecule is N#Cc1c(N)nc(N)nc1-c1cccc2cc(Br)cnc12. The van der Waals surface area contributed by atoms with Crippen LogP contribution >= 0.6 is 15.9 Å². The van der Waals surface area contributed by atoms with Gasteiger partial charge in [0.15, 0.2) is 0 Å². The van der Waals surface area contributed by atoms with Crippen molar-refractivity contribution in [2.24, 2.45) is 0 Å². The van der Waals surface area contributed by atoms with Crippen LogP contribution < -0.4 is 11.5 Å². The Balaban J connectivity index is 2.39. The highest BCUT2D eigenvalue weighted by atomic mass is 79.9. The molecule has 0 fully saturated rings. The lowest BCUT2D eigenvalue weighted by molar-refractivity contribution is 1.18. The quantitative estimate of drug-likeness (QED) is 0.703. The topological polar surface area (TPSA) is 114 Å². The van der Waals surface area contributed by atoms with Crippen molar-refractivity contribution in [2.45, 2.75) is 0 Å². The zero-order valence-electron chi connectivity index (χ0n) is 10.7. The summed E-state index contributed by atoms with van der Waals surface area (Å²) in [5, 5.41) is 10.2. The normalized spacial score (nSPS) is 10.5. The van der Waals surface area contributed by atoms with Crippen molar-refractivity contribution in [3.8, 4) is 17.3 Å². The van der Waals surface area contributed by atoms with Crippen LogP contribution in [0.15, 0.2) is 34.9 Å². The minimum Gasteiger partial charge on any atom is -0.382 e. The third-order valence-electron chi connectivity index (χ3n) is 3.00. The standard InChI is InChI=1S/C14H9BrN6/c15-8-4-7-2-1-3-9(11(7)19-6-8)12-10(5-16)13(17)21-14(18)20-12/h1-4,6H,(H4,17,18,20,21). The Morgan fingerprint density at radius 3 is 2.76 bits per heavy atom. The molecule has 0 aliphatic rings. The molecule has 0 aliphatic carbocycles. The van der Waals surface area contributed by atoms with Gasteiger partial charge in [0.05, 0.1) is 11.2 Å². The molecule has 0 spiro atoms. The summed E-state index contributed by atoms with van der Waals surface area (Å²) in [6, 6.07) is 9.57. The molecule has 0 saturated heterocycles. The molecule has 7 heteroatoms. The van der Waals surface area contributed by atoms with Crippen molar-refractivity contribution in [3.05, 3.63) is 40.5 Å². The minimum absolute atomic E-state index is 0.0237. The molecule has 0 bridgehead atoms. The van der Waals surface area contributed by atoms with Gasteiger partial charge in [0, 0.05) is 21.6 Å². The van der Waals surface area contributed by atoms with Crippen molar-refractivity contribution in [2.75, 3.05) is 11.5 Å². The first kappa shape index (κ1) is 13.3. The lowest BCUT2D eigenvalue weighted by atomic mass is 10.0. The highest BCUT2D eigenvalue weighted by molar-refractivity contribution is 9.10. The first-order valence-electron chi connectivity index (χ1n) is 5.98. The molecule has 4 N–H and O–H groups in total. The summed E-state index contributed by atoms with van der Waals surface area (Å²) in [4.78, 5) is 12.4. The van der Waals surface area contributed by atoms with E-state index in [4.69, 9.17) is 11.5 Å². The van der Waals surface area contributed by atoms with Crippen LogP contribution in [0.25, 0.3) is 22.2 Å². The summed E-state index contributed by atoms with van der Waals surface area (Å²) in [7, 11) is 0. The van der Waals surface area contributed by atoms with Crippen LogP contribution in [0.1, 0.15) is 5.56 Å². The van der Waals surface area contributed by atoms with Gasteiger partial charge in [-0.15, -0.1) is 0 Å². The average Bonchev–Trinajstić information content (AvgIpc) is 2.45. The number of fused-ring (bicyclic) bond motifs is 1. The molecule has 102 valence electrons. The summed E-state index contributed by atoms with van der Waals surface area (Å²) in [6.07, 6.45) is 1.69. The molecule has 0 saturated carbocycles. The number of nitriles is 1. The van der Waals surface area contributed by atoms with E-state index in [1.165, 1.54) is 0 Å². The first-order chi connectivity index (χ1) is 10.1. The van der Waals surface area contributed by atoms with E-state index in [0.29, 0.717) is 11.3 Å². The van der Waals surface area contributed by atoms with Crippen LogP contribution in [0.4, 0.5) is 11.8 Å². The van der Waals surface area contributed by atoms with Crippen molar-refractivity contribution in [1.82, 2.24) is 15.0 Å². The molecule has 3 rings (SSSR count).